The van der Waals surface area contributed by atoms with Gasteiger partial charge in [-0.3, -0.25) is 5.32 Å². The van der Waals surface area contributed by atoms with Gasteiger partial charge in [-0.25, -0.2) is 4.79 Å². The Labute approximate surface area is 155 Å². The van der Waals surface area contributed by atoms with Crippen molar-refractivity contribution in [1.82, 2.24) is 5.32 Å². The largest absolute Gasteiger partial charge is 0.497 e. The van der Waals surface area contributed by atoms with Crippen molar-refractivity contribution in [2.75, 3.05) is 20.3 Å². The number of hydrogen-bond acceptors (Lipinski definition) is 5. The van der Waals surface area contributed by atoms with Crippen molar-refractivity contribution in [2.24, 2.45) is 0 Å². The molecule has 0 spiro atoms. The zero-order valence-electron chi connectivity index (χ0n) is 15.4. The van der Waals surface area contributed by atoms with Gasteiger partial charge in [0.05, 0.1) is 26.4 Å². The van der Waals surface area contributed by atoms with E-state index >= 15 is 0 Å². The molecule has 0 aliphatic heterocycles. The van der Waals surface area contributed by atoms with Gasteiger partial charge in [0.1, 0.15) is 11.8 Å². The molecule has 0 saturated heterocycles. The Morgan fingerprint density at radius 3 is 2.35 bits per heavy atom. The molecule has 2 atom stereocenters. The van der Waals surface area contributed by atoms with Crippen LogP contribution in [0.5, 0.6) is 5.75 Å². The Hall–Kier alpha value is -2.37. The summed E-state index contributed by atoms with van der Waals surface area (Å²) in [7, 11) is 1.61. The van der Waals surface area contributed by atoms with Crippen molar-refractivity contribution in [1.29, 1.82) is 0 Å². The second-order valence-electron chi connectivity index (χ2n) is 6.04. The van der Waals surface area contributed by atoms with Gasteiger partial charge in [-0.1, -0.05) is 55.8 Å². The first-order chi connectivity index (χ1) is 12.7. The van der Waals surface area contributed by atoms with Gasteiger partial charge in [0.15, 0.2) is 0 Å². The predicted octanol–water partition coefficient (Wildman–Crippen LogP) is 3.40. The minimum absolute atomic E-state index is 0.141. The lowest BCUT2D eigenvalue weighted by molar-refractivity contribution is -0.146. The summed E-state index contributed by atoms with van der Waals surface area (Å²) in [5, 5.41) is 13.1. The molecule has 2 N–H and O–H groups in total. The second kappa shape index (κ2) is 10.6. The van der Waals surface area contributed by atoms with E-state index in [1.807, 2.05) is 61.5 Å². The number of unbranched alkanes of at least 4 members (excludes halogenated alkanes) is 1. The highest BCUT2D eigenvalue weighted by atomic mass is 16.5. The lowest BCUT2D eigenvalue weighted by Gasteiger charge is -2.24. The molecular formula is C21H27NO4. The van der Waals surface area contributed by atoms with Gasteiger partial charge in [0.25, 0.3) is 0 Å². The molecule has 2 rings (SSSR count). The molecule has 0 bridgehead atoms. The molecule has 0 saturated carbocycles. The van der Waals surface area contributed by atoms with E-state index < -0.39 is 12.1 Å². The molecule has 0 aliphatic rings. The molecule has 0 radical (unpaired) electrons. The number of hydrogen-bond donors (Lipinski definition) is 2. The molecule has 0 aromatic heterocycles. The van der Waals surface area contributed by atoms with Gasteiger partial charge in [-0.2, -0.15) is 0 Å². The third-order valence-corrected chi connectivity index (χ3v) is 4.18. The SMILES string of the molecule is CCCCOC(=O)C(NC(CO)c1ccc(OC)cc1)c1ccccc1. The Balaban J connectivity index is 2.18. The number of aliphatic hydroxyl groups is 1. The van der Waals surface area contributed by atoms with E-state index in [1.165, 1.54) is 0 Å². The second-order valence-corrected chi connectivity index (χ2v) is 6.04. The molecule has 0 fully saturated rings. The quantitative estimate of drug-likeness (QED) is 0.504. The number of esters is 1. The summed E-state index contributed by atoms with van der Waals surface area (Å²) in [5.74, 6) is 0.403. The van der Waals surface area contributed by atoms with Crippen LogP contribution in [-0.4, -0.2) is 31.4 Å². The van der Waals surface area contributed by atoms with Crippen LogP contribution in [0.4, 0.5) is 0 Å². The van der Waals surface area contributed by atoms with Crippen LogP contribution in [0.1, 0.15) is 43.0 Å². The van der Waals surface area contributed by atoms with Crippen LogP contribution in [0.3, 0.4) is 0 Å². The zero-order chi connectivity index (χ0) is 18.8. The molecular weight excluding hydrogens is 330 g/mol. The van der Waals surface area contributed by atoms with Crippen molar-refractivity contribution in [3.8, 4) is 5.75 Å². The van der Waals surface area contributed by atoms with E-state index in [1.54, 1.807) is 7.11 Å². The van der Waals surface area contributed by atoms with Gasteiger partial charge in [-0.15, -0.1) is 0 Å². The number of carbonyl (C=O) groups excluding carboxylic acids is 1. The van der Waals surface area contributed by atoms with E-state index in [9.17, 15) is 9.90 Å². The van der Waals surface area contributed by atoms with Gasteiger partial charge in [0, 0.05) is 0 Å². The molecule has 2 unspecified atom stereocenters. The van der Waals surface area contributed by atoms with Crippen molar-refractivity contribution in [2.45, 2.75) is 31.8 Å². The fraction of sp³-hybridized carbons (Fsp3) is 0.381. The molecule has 2 aromatic carbocycles. The molecule has 5 nitrogen and oxygen atoms in total. The predicted molar refractivity (Wildman–Crippen MR) is 101 cm³/mol. The smallest absolute Gasteiger partial charge is 0.327 e. The highest BCUT2D eigenvalue weighted by molar-refractivity contribution is 5.77. The highest BCUT2D eigenvalue weighted by Crippen LogP contribution is 2.23. The first-order valence-corrected chi connectivity index (χ1v) is 8.92. The number of rotatable bonds is 10. The van der Waals surface area contributed by atoms with Crippen LogP contribution in [0, 0.1) is 0 Å². The van der Waals surface area contributed by atoms with Crippen molar-refractivity contribution in [3.63, 3.8) is 0 Å². The first-order valence-electron chi connectivity index (χ1n) is 8.92. The van der Waals surface area contributed by atoms with Crippen molar-refractivity contribution >= 4 is 5.97 Å². The number of carbonyl (C=O) groups is 1. The lowest BCUT2D eigenvalue weighted by atomic mass is 10.0. The van der Waals surface area contributed by atoms with E-state index in [0.717, 1.165) is 29.7 Å². The molecule has 2 aromatic rings. The first kappa shape index (κ1) is 19.9. The zero-order valence-corrected chi connectivity index (χ0v) is 15.4. The fourth-order valence-electron chi connectivity index (χ4n) is 2.64. The summed E-state index contributed by atoms with van der Waals surface area (Å²) in [6, 6.07) is 15.8. The maximum Gasteiger partial charge on any atom is 0.327 e. The van der Waals surface area contributed by atoms with E-state index in [0.29, 0.717) is 6.61 Å². The molecule has 0 amide bonds. The number of aliphatic hydroxyl groups excluding tert-OH is 1. The van der Waals surface area contributed by atoms with Crippen LogP contribution < -0.4 is 10.1 Å². The maximum absolute atomic E-state index is 12.6. The lowest BCUT2D eigenvalue weighted by Crippen LogP contribution is -2.35. The average molecular weight is 357 g/mol. The van der Waals surface area contributed by atoms with Crippen LogP contribution in [0.2, 0.25) is 0 Å². The fourth-order valence-corrected chi connectivity index (χ4v) is 2.64. The average Bonchev–Trinajstić information content (AvgIpc) is 2.70. The molecule has 0 aliphatic carbocycles. The van der Waals surface area contributed by atoms with Crippen LogP contribution in [-0.2, 0) is 9.53 Å². The summed E-state index contributed by atoms with van der Waals surface area (Å²) in [6.45, 7) is 2.30. The molecule has 26 heavy (non-hydrogen) atoms. The van der Waals surface area contributed by atoms with Crippen molar-refractivity contribution < 1.29 is 19.4 Å². The van der Waals surface area contributed by atoms with Gasteiger partial charge in [0.2, 0.25) is 0 Å². The van der Waals surface area contributed by atoms with E-state index in [4.69, 9.17) is 9.47 Å². The molecule has 0 heterocycles. The third kappa shape index (κ3) is 5.58. The molecule has 5 heteroatoms. The summed E-state index contributed by atoms with van der Waals surface area (Å²) >= 11 is 0. The minimum atomic E-state index is -0.646. The topological polar surface area (TPSA) is 67.8 Å². The highest BCUT2D eigenvalue weighted by Gasteiger charge is 2.25. The van der Waals surface area contributed by atoms with Crippen LogP contribution in [0.25, 0.3) is 0 Å². The summed E-state index contributed by atoms with van der Waals surface area (Å²) in [5.41, 5.74) is 1.68. The van der Waals surface area contributed by atoms with E-state index in [2.05, 4.69) is 5.32 Å². The number of ether oxygens (including phenoxy) is 2. The summed E-state index contributed by atoms with van der Waals surface area (Å²) < 4.78 is 10.6. The van der Waals surface area contributed by atoms with Gasteiger partial charge >= 0.3 is 5.97 Å². The van der Waals surface area contributed by atoms with Crippen molar-refractivity contribution in [3.05, 3.63) is 65.7 Å². The number of methoxy groups -OCH3 is 1. The van der Waals surface area contributed by atoms with Gasteiger partial charge < -0.3 is 14.6 Å². The minimum Gasteiger partial charge on any atom is -0.497 e. The normalized spacial score (nSPS) is 13.0. The Bertz CT molecular complexity index is 657. The Morgan fingerprint density at radius 1 is 1.08 bits per heavy atom. The standard InChI is InChI=1S/C21H27NO4/c1-3-4-14-26-21(24)20(17-8-6-5-7-9-17)22-19(15-23)16-10-12-18(25-2)13-11-16/h5-13,19-20,22-23H,3-4,14-15H2,1-2H3. The number of benzene rings is 2. The number of nitrogens with one attached hydrogen (secondary N) is 1. The summed E-state index contributed by atoms with van der Waals surface area (Å²) in [4.78, 5) is 12.6. The monoisotopic (exact) mass is 357 g/mol. The third-order valence-electron chi connectivity index (χ3n) is 4.18. The Kier molecular flexibility index (Phi) is 8.12. The van der Waals surface area contributed by atoms with Crippen LogP contribution in [0.15, 0.2) is 54.6 Å². The maximum atomic E-state index is 12.6. The summed E-state index contributed by atoms with van der Waals surface area (Å²) in [6.07, 6.45) is 1.79. The van der Waals surface area contributed by atoms with Gasteiger partial charge in [-0.05, 0) is 29.7 Å². The molecule has 140 valence electrons. The Morgan fingerprint density at radius 2 is 1.77 bits per heavy atom. The van der Waals surface area contributed by atoms with Crippen LogP contribution >= 0.6 is 0 Å². The van der Waals surface area contributed by atoms with E-state index in [-0.39, 0.29) is 12.6 Å².